The number of carbonyl (C=O) groups is 2. The second kappa shape index (κ2) is 9.43. The molecular weight excluding hydrogens is 404 g/mol. The third kappa shape index (κ3) is 4.92. The Hall–Kier alpha value is -3.66. The molecule has 0 fully saturated rings. The highest BCUT2D eigenvalue weighted by atomic mass is 16.6. The number of rotatable bonds is 8. The fraction of sp³-hybridized carbons (Fsp3) is 0.333. The molecule has 2 heterocycles. The molecule has 2 aromatic rings. The third-order valence-corrected chi connectivity index (χ3v) is 5.11. The van der Waals surface area contributed by atoms with Crippen LogP contribution in [0.2, 0.25) is 0 Å². The maximum atomic E-state index is 12.8. The summed E-state index contributed by atoms with van der Waals surface area (Å²) in [7, 11) is 1.80. The van der Waals surface area contributed by atoms with Crippen LogP contribution in [-0.4, -0.2) is 42.0 Å². The van der Waals surface area contributed by atoms with Gasteiger partial charge in [0.25, 0.3) is 5.69 Å². The second-order valence-electron chi connectivity index (χ2n) is 7.10. The summed E-state index contributed by atoms with van der Waals surface area (Å²) in [6.45, 7) is 3.96. The molecule has 0 saturated heterocycles. The molecule has 2 N–H and O–H groups in total. The molecule has 1 aromatic heterocycles. The van der Waals surface area contributed by atoms with Crippen molar-refractivity contribution in [1.29, 1.82) is 0 Å². The number of non-ortho nitro benzene ring substituents is 1. The Bertz CT molecular complexity index is 1000. The number of nitrogens with zero attached hydrogens (tertiary/aromatic N) is 2. The van der Waals surface area contributed by atoms with Crippen LogP contribution >= 0.6 is 0 Å². The first-order valence-electron chi connectivity index (χ1n) is 9.77. The molecule has 1 aromatic carbocycles. The fourth-order valence-corrected chi connectivity index (χ4v) is 3.40. The topological polar surface area (TPSA) is 127 Å². The third-order valence-electron chi connectivity index (χ3n) is 5.11. The van der Waals surface area contributed by atoms with Crippen LogP contribution in [0, 0.1) is 10.1 Å². The molecule has 164 valence electrons. The van der Waals surface area contributed by atoms with E-state index >= 15 is 0 Å². The highest BCUT2D eigenvalue weighted by Crippen LogP contribution is 2.30. The van der Waals surface area contributed by atoms with Crippen molar-refractivity contribution in [1.82, 2.24) is 15.5 Å². The van der Waals surface area contributed by atoms with E-state index in [4.69, 9.17) is 9.15 Å². The predicted octanol–water partition coefficient (Wildman–Crippen LogP) is 3.05. The zero-order valence-electron chi connectivity index (χ0n) is 17.5. The number of ether oxygens (including phenoxy) is 1. The minimum Gasteiger partial charge on any atom is -0.467 e. The van der Waals surface area contributed by atoms with Gasteiger partial charge in [-0.15, -0.1) is 0 Å². The predicted molar refractivity (Wildman–Crippen MR) is 111 cm³/mol. The molecule has 1 aliphatic heterocycles. The van der Waals surface area contributed by atoms with Crippen LogP contribution < -0.4 is 10.6 Å². The lowest BCUT2D eigenvalue weighted by Gasteiger charge is -2.32. The van der Waals surface area contributed by atoms with Crippen LogP contribution in [0.4, 0.5) is 10.5 Å². The zero-order chi connectivity index (χ0) is 22.5. The molecule has 0 radical (unpaired) electrons. The summed E-state index contributed by atoms with van der Waals surface area (Å²) in [4.78, 5) is 37.6. The number of nitrogens with one attached hydrogen (secondary N) is 2. The Kier molecular flexibility index (Phi) is 6.71. The fourth-order valence-electron chi connectivity index (χ4n) is 3.40. The van der Waals surface area contributed by atoms with Gasteiger partial charge in [-0.25, -0.2) is 9.59 Å². The number of carbonyl (C=O) groups excluding carboxylic acids is 2. The Morgan fingerprint density at radius 3 is 2.77 bits per heavy atom. The molecule has 1 aliphatic rings. The van der Waals surface area contributed by atoms with E-state index in [9.17, 15) is 19.7 Å². The summed E-state index contributed by atoms with van der Waals surface area (Å²) in [5, 5.41) is 16.5. The molecule has 2 atom stereocenters. The average molecular weight is 428 g/mol. The number of hydrogen-bond acceptors (Lipinski definition) is 7. The number of likely N-dealkylation sites (N-methyl/N-ethyl adjacent to an activating group) is 1. The molecule has 2 unspecified atom stereocenters. The largest absolute Gasteiger partial charge is 0.467 e. The standard InChI is InChI=1S/C21H24N4O6/c1-4-30-20(26)18-16(22-21(27)23-19(18)17-9-6-10-31-17)12-24(3)13(2)14-7-5-8-15(11-14)25(28)29/h5-11,13,19H,4,12H2,1-3H3,(H2,22,23,27). The van der Waals surface area contributed by atoms with Gasteiger partial charge in [-0.2, -0.15) is 0 Å². The zero-order valence-corrected chi connectivity index (χ0v) is 17.5. The smallest absolute Gasteiger partial charge is 0.338 e. The molecule has 31 heavy (non-hydrogen) atoms. The molecule has 10 heteroatoms. The van der Waals surface area contributed by atoms with Gasteiger partial charge in [-0.05, 0) is 38.6 Å². The van der Waals surface area contributed by atoms with Gasteiger partial charge in [-0.1, -0.05) is 12.1 Å². The van der Waals surface area contributed by atoms with Gasteiger partial charge in [0.05, 0.1) is 23.4 Å². The van der Waals surface area contributed by atoms with Gasteiger partial charge in [0, 0.05) is 30.4 Å². The first-order chi connectivity index (χ1) is 14.8. The van der Waals surface area contributed by atoms with Crippen molar-refractivity contribution in [3.63, 3.8) is 0 Å². The van der Waals surface area contributed by atoms with E-state index in [1.165, 1.54) is 18.4 Å². The van der Waals surface area contributed by atoms with Crippen molar-refractivity contribution in [3.8, 4) is 0 Å². The summed E-state index contributed by atoms with van der Waals surface area (Å²) in [5.41, 5.74) is 1.35. The normalized spacial score (nSPS) is 17.2. The summed E-state index contributed by atoms with van der Waals surface area (Å²) in [6.07, 6.45) is 1.46. The Morgan fingerprint density at radius 1 is 1.35 bits per heavy atom. The lowest BCUT2D eigenvalue weighted by atomic mass is 9.99. The highest BCUT2D eigenvalue weighted by molar-refractivity contribution is 5.95. The van der Waals surface area contributed by atoms with Crippen LogP contribution in [-0.2, 0) is 9.53 Å². The minimum absolute atomic E-state index is 0.00256. The van der Waals surface area contributed by atoms with Gasteiger partial charge < -0.3 is 19.8 Å². The Morgan fingerprint density at radius 2 is 2.13 bits per heavy atom. The van der Waals surface area contributed by atoms with Crippen LogP contribution in [0.15, 0.2) is 58.3 Å². The van der Waals surface area contributed by atoms with Crippen molar-refractivity contribution in [2.24, 2.45) is 0 Å². The number of hydrogen-bond donors (Lipinski definition) is 2. The Balaban J connectivity index is 1.93. The van der Waals surface area contributed by atoms with Crippen molar-refractivity contribution in [3.05, 3.63) is 75.4 Å². The van der Waals surface area contributed by atoms with Gasteiger partial charge in [0.15, 0.2) is 0 Å². The number of amides is 2. The highest BCUT2D eigenvalue weighted by Gasteiger charge is 2.36. The summed E-state index contributed by atoms with van der Waals surface area (Å²) < 4.78 is 10.6. The first kappa shape index (κ1) is 22.0. The van der Waals surface area contributed by atoms with Gasteiger partial charge in [0.1, 0.15) is 11.8 Å². The SMILES string of the molecule is CCOC(=O)C1=C(CN(C)C(C)c2cccc([N+](=O)[O-])c2)NC(=O)NC1c1ccco1. The molecule has 0 aliphatic carbocycles. The number of benzene rings is 1. The number of urea groups is 1. The number of furan rings is 1. The van der Waals surface area contributed by atoms with E-state index in [1.807, 2.05) is 11.8 Å². The van der Waals surface area contributed by atoms with E-state index in [1.54, 1.807) is 38.2 Å². The minimum atomic E-state index is -0.792. The first-order valence-corrected chi connectivity index (χ1v) is 9.77. The summed E-state index contributed by atoms with van der Waals surface area (Å²) in [6, 6.07) is 8.20. The van der Waals surface area contributed by atoms with E-state index in [0.717, 1.165) is 5.56 Å². The number of esters is 1. The van der Waals surface area contributed by atoms with Crippen molar-refractivity contribution >= 4 is 17.7 Å². The molecular formula is C21H24N4O6. The van der Waals surface area contributed by atoms with Crippen LogP contribution in [0.5, 0.6) is 0 Å². The summed E-state index contributed by atoms with van der Waals surface area (Å²) in [5.74, 6) is -0.160. The van der Waals surface area contributed by atoms with E-state index in [2.05, 4.69) is 10.6 Å². The molecule has 0 spiro atoms. The van der Waals surface area contributed by atoms with E-state index in [0.29, 0.717) is 11.5 Å². The van der Waals surface area contributed by atoms with E-state index in [-0.39, 0.29) is 30.5 Å². The van der Waals surface area contributed by atoms with Crippen molar-refractivity contribution < 1.29 is 23.7 Å². The molecule has 0 bridgehead atoms. The van der Waals surface area contributed by atoms with Crippen LogP contribution in [0.1, 0.15) is 37.3 Å². The molecule has 10 nitrogen and oxygen atoms in total. The lowest BCUT2D eigenvalue weighted by molar-refractivity contribution is -0.384. The summed E-state index contributed by atoms with van der Waals surface area (Å²) >= 11 is 0. The Labute approximate surface area is 179 Å². The number of nitro groups is 1. The molecule has 2 amide bonds. The van der Waals surface area contributed by atoms with Crippen LogP contribution in [0.3, 0.4) is 0 Å². The van der Waals surface area contributed by atoms with Gasteiger partial charge >= 0.3 is 12.0 Å². The quantitative estimate of drug-likeness (QED) is 0.376. The molecule has 0 saturated carbocycles. The number of nitro benzene ring substituents is 1. The second-order valence-corrected chi connectivity index (χ2v) is 7.10. The maximum absolute atomic E-state index is 12.8. The van der Waals surface area contributed by atoms with Crippen molar-refractivity contribution in [2.45, 2.75) is 25.9 Å². The van der Waals surface area contributed by atoms with Crippen LogP contribution in [0.25, 0.3) is 0 Å². The maximum Gasteiger partial charge on any atom is 0.338 e. The van der Waals surface area contributed by atoms with Gasteiger partial charge in [-0.3, -0.25) is 15.0 Å². The van der Waals surface area contributed by atoms with Gasteiger partial charge in [0.2, 0.25) is 0 Å². The average Bonchev–Trinajstić information content (AvgIpc) is 3.27. The molecule has 3 rings (SSSR count). The lowest BCUT2D eigenvalue weighted by Crippen LogP contribution is -2.48. The van der Waals surface area contributed by atoms with Crippen molar-refractivity contribution in [2.75, 3.05) is 20.2 Å². The van der Waals surface area contributed by atoms with E-state index < -0.39 is 23.0 Å². The monoisotopic (exact) mass is 428 g/mol.